The molecule has 2 fully saturated rings. The smallest absolute Gasteiger partial charge is 0.303 e. The largest absolute Gasteiger partial charge is 0.481 e. The lowest BCUT2D eigenvalue weighted by atomic mass is 10.0. The normalized spacial score (nSPS) is 18.0. The molecule has 1 aromatic heterocycles. The van der Waals surface area contributed by atoms with E-state index < -0.39 is 5.97 Å². The number of amides is 1. The van der Waals surface area contributed by atoms with E-state index in [0.29, 0.717) is 33.3 Å². The van der Waals surface area contributed by atoms with Crippen LogP contribution in [0.4, 0.5) is 5.82 Å². The van der Waals surface area contributed by atoms with Gasteiger partial charge < -0.3 is 10.0 Å². The van der Waals surface area contributed by atoms with Crippen LogP contribution in [-0.2, 0) is 16.1 Å². The lowest BCUT2D eigenvalue weighted by Gasteiger charge is -2.29. The molecule has 0 aromatic carbocycles. The van der Waals surface area contributed by atoms with Gasteiger partial charge in [-0.2, -0.15) is 5.26 Å². The van der Waals surface area contributed by atoms with E-state index in [1.54, 1.807) is 17.6 Å². The number of thiocarbonyl (C=S) groups is 1. The predicted octanol–water partition coefficient (Wildman–Crippen LogP) is 3.49. The van der Waals surface area contributed by atoms with Crippen LogP contribution in [0.2, 0.25) is 0 Å². The number of carbonyl (C=O) groups excluding carboxylic acids is 1. The van der Waals surface area contributed by atoms with Gasteiger partial charge in [0.15, 0.2) is 0 Å². The molecule has 0 atom stereocenters. The molecule has 176 valence electrons. The van der Waals surface area contributed by atoms with Gasteiger partial charge in [0.25, 0.3) is 11.5 Å². The van der Waals surface area contributed by atoms with Crippen molar-refractivity contribution in [2.75, 3.05) is 24.5 Å². The number of nitriles is 1. The van der Waals surface area contributed by atoms with Gasteiger partial charge in [0.2, 0.25) is 0 Å². The monoisotopic (exact) mass is 488 g/mol. The fourth-order valence-corrected chi connectivity index (χ4v) is 5.56. The fraction of sp³-hybridized carbons (Fsp3) is 0.522. The molecule has 2 aliphatic rings. The Morgan fingerprint density at radius 1 is 1.24 bits per heavy atom. The standard InChI is InChI=1S/C23H28N4O4S2/c1-3-26-20(25-10-6-4-5-7-11-25)16(15(2)17(14-24)21(26)30)13-18-22(31)27(23(32)33-18)12-8-9-19(28)29/h13H,3-12H2,1-2H3,(H,28,29)/b18-13+. The van der Waals surface area contributed by atoms with Gasteiger partial charge in [-0.15, -0.1) is 0 Å². The average molecular weight is 489 g/mol. The number of nitrogens with zero attached hydrogens (tertiary/aromatic N) is 4. The number of aliphatic carboxylic acids is 1. The van der Waals surface area contributed by atoms with Crippen LogP contribution < -0.4 is 10.5 Å². The summed E-state index contributed by atoms with van der Waals surface area (Å²) in [5.41, 5.74) is 1.03. The molecule has 8 nitrogen and oxygen atoms in total. The number of hydrogen-bond acceptors (Lipinski definition) is 7. The van der Waals surface area contributed by atoms with Gasteiger partial charge in [-0.1, -0.05) is 36.8 Å². The minimum atomic E-state index is -0.917. The van der Waals surface area contributed by atoms with E-state index in [1.807, 2.05) is 13.0 Å². The Morgan fingerprint density at radius 2 is 1.91 bits per heavy atom. The van der Waals surface area contributed by atoms with Crippen LogP contribution in [0.3, 0.4) is 0 Å². The van der Waals surface area contributed by atoms with Crippen molar-refractivity contribution in [3.8, 4) is 6.07 Å². The predicted molar refractivity (Wildman–Crippen MR) is 133 cm³/mol. The van der Waals surface area contributed by atoms with Crippen LogP contribution in [0.25, 0.3) is 6.08 Å². The fourth-order valence-electron chi connectivity index (χ4n) is 4.27. The SMILES string of the molecule is CCn1c(N2CCCCCC2)c(/C=C2/SC(=S)N(CCCC(=O)O)C2=O)c(C)c(C#N)c1=O. The maximum atomic E-state index is 13.1. The maximum absolute atomic E-state index is 13.1. The number of hydrogen-bond donors (Lipinski definition) is 1. The third-order valence-corrected chi connectivity index (χ3v) is 7.37. The highest BCUT2D eigenvalue weighted by Crippen LogP contribution is 2.36. The molecular weight excluding hydrogens is 460 g/mol. The molecule has 0 radical (unpaired) electrons. The van der Waals surface area contributed by atoms with Crippen molar-refractivity contribution in [2.24, 2.45) is 0 Å². The van der Waals surface area contributed by atoms with Crippen molar-refractivity contribution in [2.45, 2.75) is 58.9 Å². The van der Waals surface area contributed by atoms with Crippen LogP contribution >= 0.6 is 24.0 Å². The first kappa shape index (κ1) is 25.0. The zero-order valence-electron chi connectivity index (χ0n) is 18.9. The average Bonchev–Trinajstić information content (AvgIpc) is 2.95. The number of rotatable bonds is 7. The second-order valence-corrected chi connectivity index (χ2v) is 9.81. The summed E-state index contributed by atoms with van der Waals surface area (Å²) in [7, 11) is 0. The Morgan fingerprint density at radius 3 is 2.48 bits per heavy atom. The van der Waals surface area contributed by atoms with Crippen molar-refractivity contribution in [1.82, 2.24) is 9.47 Å². The summed E-state index contributed by atoms with van der Waals surface area (Å²) >= 11 is 6.55. The maximum Gasteiger partial charge on any atom is 0.303 e. The highest BCUT2D eigenvalue weighted by atomic mass is 32.2. The topological polar surface area (TPSA) is 107 Å². The van der Waals surface area contributed by atoms with Crippen LogP contribution in [-0.4, -0.2) is 50.4 Å². The van der Waals surface area contributed by atoms with Gasteiger partial charge in [-0.05, 0) is 44.7 Å². The molecule has 33 heavy (non-hydrogen) atoms. The first-order valence-electron chi connectivity index (χ1n) is 11.2. The lowest BCUT2D eigenvalue weighted by Crippen LogP contribution is -2.35. The van der Waals surface area contributed by atoms with Crippen LogP contribution in [0, 0.1) is 18.3 Å². The molecule has 2 aliphatic heterocycles. The molecule has 3 rings (SSSR count). The Balaban J connectivity index is 2.09. The molecule has 2 saturated heterocycles. The molecule has 0 saturated carbocycles. The van der Waals surface area contributed by atoms with Gasteiger partial charge >= 0.3 is 5.97 Å². The molecule has 1 N–H and O–H groups in total. The lowest BCUT2D eigenvalue weighted by molar-refractivity contribution is -0.137. The van der Waals surface area contributed by atoms with Crippen molar-refractivity contribution >= 4 is 52.1 Å². The number of anilines is 1. The molecule has 1 amide bonds. The molecule has 10 heteroatoms. The number of carbonyl (C=O) groups is 2. The van der Waals surface area contributed by atoms with E-state index >= 15 is 0 Å². The molecule has 1 aromatic rings. The first-order valence-corrected chi connectivity index (χ1v) is 12.4. The molecule has 0 aliphatic carbocycles. The quantitative estimate of drug-likeness (QED) is 0.459. The Bertz CT molecular complexity index is 1100. The van der Waals surface area contributed by atoms with Crippen LogP contribution in [0.5, 0.6) is 0 Å². The summed E-state index contributed by atoms with van der Waals surface area (Å²) in [5.74, 6) is -0.444. The second kappa shape index (κ2) is 11.0. The van der Waals surface area contributed by atoms with E-state index in [2.05, 4.69) is 4.90 Å². The highest BCUT2D eigenvalue weighted by molar-refractivity contribution is 8.26. The third kappa shape index (κ3) is 5.31. The summed E-state index contributed by atoms with van der Waals surface area (Å²) in [6, 6.07) is 2.05. The van der Waals surface area contributed by atoms with Crippen molar-refractivity contribution in [1.29, 1.82) is 5.26 Å². The van der Waals surface area contributed by atoms with E-state index in [9.17, 15) is 19.6 Å². The molecule has 0 bridgehead atoms. The highest BCUT2D eigenvalue weighted by Gasteiger charge is 2.33. The number of thioether (sulfide) groups is 1. The minimum Gasteiger partial charge on any atom is -0.481 e. The summed E-state index contributed by atoms with van der Waals surface area (Å²) in [5, 5.41) is 18.6. The summed E-state index contributed by atoms with van der Waals surface area (Å²) in [6.07, 6.45) is 6.31. The van der Waals surface area contributed by atoms with E-state index in [-0.39, 0.29) is 30.0 Å². The Labute approximate surface area is 202 Å². The van der Waals surface area contributed by atoms with Crippen molar-refractivity contribution < 1.29 is 14.7 Å². The van der Waals surface area contributed by atoms with E-state index in [0.717, 1.165) is 44.6 Å². The van der Waals surface area contributed by atoms with Gasteiger partial charge in [0, 0.05) is 38.2 Å². The van der Waals surface area contributed by atoms with Crippen molar-refractivity contribution in [3.05, 3.63) is 31.9 Å². The van der Waals surface area contributed by atoms with Gasteiger partial charge in [-0.3, -0.25) is 23.9 Å². The summed E-state index contributed by atoms with van der Waals surface area (Å²) in [6.45, 7) is 5.90. The number of carboxylic acids is 1. The number of carboxylic acid groups (broad SMARTS) is 1. The van der Waals surface area contributed by atoms with Crippen LogP contribution in [0.15, 0.2) is 9.70 Å². The zero-order valence-corrected chi connectivity index (χ0v) is 20.6. The third-order valence-electron chi connectivity index (χ3n) is 5.99. The molecular formula is C23H28N4O4S2. The Hall–Kier alpha value is -2.64. The van der Waals surface area contributed by atoms with E-state index in [4.69, 9.17) is 17.3 Å². The summed E-state index contributed by atoms with van der Waals surface area (Å²) in [4.78, 5) is 41.0. The van der Waals surface area contributed by atoms with Gasteiger partial charge in [0.1, 0.15) is 21.8 Å². The van der Waals surface area contributed by atoms with E-state index in [1.165, 1.54) is 16.7 Å². The minimum absolute atomic E-state index is 0.0404. The molecule has 0 unspecified atom stereocenters. The summed E-state index contributed by atoms with van der Waals surface area (Å²) < 4.78 is 2.02. The second-order valence-electron chi connectivity index (χ2n) is 8.13. The zero-order chi connectivity index (χ0) is 24.1. The first-order chi connectivity index (χ1) is 15.8. The van der Waals surface area contributed by atoms with Crippen molar-refractivity contribution in [3.63, 3.8) is 0 Å². The molecule has 0 spiro atoms. The Kier molecular flexibility index (Phi) is 8.32. The van der Waals surface area contributed by atoms with Gasteiger partial charge in [0.05, 0.1) is 4.91 Å². The van der Waals surface area contributed by atoms with Crippen LogP contribution in [0.1, 0.15) is 62.1 Å². The number of aromatic nitrogens is 1. The van der Waals surface area contributed by atoms with Gasteiger partial charge in [-0.25, -0.2) is 0 Å². The molecule has 3 heterocycles. The number of pyridine rings is 1.